The van der Waals surface area contributed by atoms with Gasteiger partial charge in [0.2, 0.25) is 0 Å². The highest BCUT2D eigenvalue weighted by atomic mass is 35.5. The Hall–Kier alpha value is -1.82. The van der Waals surface area contributed by atoms with Crippen LogP contribution in [0.3, 0.4) is 0 Å². The first-order valence-corrected chi connectivity index (χ1v) is 5.51. The molecule has 1 aromatic carbocycles. The zero-order valence-electron chi connectivity index (χ0n) is 9.58. The van der Waals surface area contributed by atoms with Crippen LogP contribution in [0.2, 0.25) is 0 Å². The second-order valence-electron chi connectivity index (χ2n) is 3.35. The molecule has 0 N–H and O–H groups in total. The first-order chi connectivity index (χ1) is 8.88. The van der Waals surface area contributed by atoms with E-state index in [0.717, 1.165) is 0 Å². The molecule has 0 atom stereocenters. The molecule has 1 rings (SSSR count). The van der Waals surface area contributed by atoms with Crippen molar-refractivity contribution >= 4 is 29.5 Å². The molecule has 0 radical (unpaired) electrons. The summed E-state index contributed by atoms with van der Waals surface area (Å²) in [4.78, 5) is 13.7. The third-order valence-corrected chi connectivity index (χ3v) is 2.16. The van der Waals surface area contributed by atoms with Crippen molar-refractivity contribution in [3.8, 4) is 0 Å². The minimum Gasteiger partial charge on any atom is -0.458 e. The number of carbonyl (C=O) groups is 1. The summed E-state index contributed by atoms with van der Waals surface area (Å²) in [6.45, 7) is 3.42. The van der Waals surface area contributed by atoms with Crippen LogP contribution in [0.15, 0.2) is 35.8 Å². The van der Waals surface area contributed by atoms with Gasteiger partial charge in [0.05, 0.1) is 5.70 Å². The predicted molar refractivity (Wildman–Crippen MR) is 66.2 cm³/mol. The van der Waals surface area contributed by atoms with Gasteiger partial charge in [0.25, 0.3) is 5.90 Å². The van der Waals surface area contributed by atoms with E-state index >= 15 is 0 Å². The SMILES string of the molecule is C=C(N=C(OCCl)C(F)(F)F)c1ccc(C=O)cc1. The average molecular weight is 292 g/mol. The lowest BCUT2D eigenvalue weighted by Crippen LogP contribution is -2.25. The summed E-state index contributed by atoms with van der Waals surface area (Å²) in [6, 6.07) is 5.08. The van der Waals surface area contributed by atoms with Gasteiger partial charge in [-0.25, -0.2) is 4.99 Å². The van der Waals surface area contributed by atoms with Crippen molar-refractivity contribution in [3.63, 3.8) is 0 Å². The zero-order chi connectivity index (χ0) is 14.5. The van der Waals surface area contributed by atoms with Crippen LogP contribution < -0.4 is 0 Å². The fourth-order valence-electron chi connectivity index (χ4n) is 1.17. The van der Waals surface area contributed by atoms with Crippen molar-refractivity contribution in [3.05, 3.63) is 42.0 Å². The fourth-order valence-corrected chi connectivity index (χ4v) is 1.27. The number of carbonyl (C=O) groups excluding carboxylic acids is 1. The van der Waals surface area contributed by atoms with Gasteiger partial charge in [-0.1, -0.05) is 42.4 Å². The molecule has 0 spiro atoms. The molecule has 0 bridgehead atoms. The number of benzene rings is 1. The molecule has 0 aliphatic heterocycles. The zero-order valence-corrected chi connectivity index (χ0v) is 10.3. The molecule has 0 heterocycles. The number of halogens is 4. The summed E-state index contributed by atoms with van der Waals surface area (Å²) in [7, 11) is 0. The van der Waals surface area contributed by atoms with Gasteiger partial charge in [-0.15, -0.1) is 0 Å². The number of hydrogen-bond acceptors (Lipinski definition) is 3. The van der Waals surface area contributed by atoms with E-state index in [0.29, 0.717) is 17.4 Å². The summed E-state index contributed by atoms with van der Waals surface area (Å²) in [6.07, 6.45) is -4.13. The maximum Gasteiger partial charge on any atom is 0.468 e. The minimum atomic E-state index is -4.75. The van der Waals surface area contributed by atoms with E-state index in [1.54, 1.807) is 0 Å². The number of aldehydes is 1. The molecule has 1 aromatic rings. The second kappa shape index (κ2) is 6.38. The van der Waals surface area contributed by atoms with Crippen LogP contribution in [0.5, 0.6) is 0 Å². The van der Waals surface area contributed by atoms with Gasteiger partial charge in [0, 0.05) is 5.56 Å². The number of nitrogens with zero attached hydrogens (tertiary/aromatic N) is 1. The number of ether oxygens (including phenoxy) is 1. The van der Waals surface area contributed by atoms with Crippen molar-refractivity contribution < 1.29 is 22.7 Å². The number of aliphatic imine (C=N–C) groups is 1. The van der Waals surface area contributed by atoms with Crippen LogP contribution in [0.4, 0.5) is 13.2 Å². The second-order valence-corrected chi connectivity index (χ2v) is 3.57. The highest BCUT2D eigenvalue weighted by Gasteiger charge is 2.38. The first-order valence-electron chi connectivity index (χ1n) is 4.97. The van der Waals surface area contributed by atoms with E-state index in [1.165, 1.54) is 24.3 Å². The molecular weight excluding hydrogens is 283 g/mol. The summed E-state index contributed by atoms with van der Waals surface area (Å²) >= 11 is 5.10. The lowest BCUT2D eigenvalue weighted by atomic mass is 10.1. The molecule has 0 saturated heterocycles. The topological polar surface area (TPSA) is 38.7 Å². The molecule has 0 amide bonds. The van der Waals surface area contributed by atoms with Gasteiger partial charge < -0.3 is 4.74 Å². The predicted octanol–water partition coefficient (Wildman–Crippen LogP) is 3.64. The van der Waals surface area contributed by atoms with Crippen molar-refractivity contribution in [2.45, 2.75) is 6.18 Å². The number of rotatable bonds is 4. The summed E-state index contributed by atoms with van der Waals surface area (Å²) in [5.41, 5.74) is 0.592. The molecule has 0 unspecified atom stereocenters. The van der Waals surface area contributed by atoms with Crippen molar-refractivity contribution in [1.82, 2.24) is 0 Å². The third kappa shape index (κ3) is 4.40. The third-order valence-electron chi connectivity index (χ3n) is 2.05. The quantitative estimate of drug-likeness (QED) is 0.368. The summed E-state index contributed by atoms with van der Waals surface area (Å²) < 4.78 is 41.7. The highest BCUT2D eigenvalue weighted by Crippen LogP contribution is 2.22. The van der Waals surface area contributed by atoms with Crippen LogP contribution >= 0.6 is 11.6 Å². The molecule has 3 nitrogen and oxygen atoms in total. The first kappa shape index (κ1) is 15.2. The summed E-state index contributed by atoms with van der Waals surface area (Å²) in [5, 5.41) is 0. The molecule has 0 aliphatic rings. The minimum absolute atomic E-state index is 0.144. The van der Waals surface area contributed by atoms with Crippen LogP contribution in [0, 0.1) is 0 Å². The standard InChI is InChI=1S/C12H9ClF3NO2/c1-8(10-4-2-9(6-18)3-5-10)17-11(19-7-13)12(14,15)16/h2-6H,1,7H2. The average Bonchev–Trinajstić information content (AvgIpc) is 2.37. The number of alkyl halides is 4. The Bertz CT molecular complexity index is 495. The van der Waals surface area contributed by atoms with Crippen LogP contribution in [-0.2, 0) is 4.74 Å². The van der Waals surface area contributed by atoms with Gasteiger partial charge in [-0.05, 0) is 5.56 Å². The largest absolute Gasteiger partial charge is 0.468 e. The van der Waals surface area contributed by atoms with Gasteiger partial charge in [-0.3, -0.25) is 4.79 Å². The highest BCUT2D eigenvalue weighted by molar-refractivity contribution is 6.17. The van der Waals surface area contributed by atoms with Crippen molar-refractivity contribution in [2.24, 2.45) is 4.99 Å². The van der Waals surface area contributed by atoms with Crippen LogP contribution in [-0.4, -0.2) is 24.4 Å². The Labute approximate surface area is 112 Å². The van der Waals surface area contributed by atoms with Crippen molar-refractivity contribution in [1.29, 1.82) is 0 Å². The van der Waals surface area contributed by atoms with E-state index in [-0.39, 0.29) is 5.70 Å². The molecule has 0 aliphatic carbocycles. The Morgan fingerprint density at radius 3 is 2.37 bits per heavy atom. The smallest absolute Gasteiger partial charge is 0.458 e. The van der Waals surface area contributed by atoms with E-state index in [4.69, 9.17) is 11.6 Å². The maximum absolute atomic E-state index is 12.5. The Morgan fingerprint density at radius 2 is 1.95 bits per heavy atom. The Morgan fingerprint density at radius 1 is 1.37 bits per heavy atom. The molecule has 0 aromatic heterocycles. The van der Waals surface area contributed by atoms with Crippen molar-refractivity contribution in [2.75, 3.05) is 6.07 Å². The lowest BCUT2D eigenvalue weighted by molar-refractivity contribution is -0.0762. The van der Waals surface area contributed by atoms with Gasteiger partial charge in [0.15, 0.2) is 6.07 Å². The molecule has 19 heavy (non-hydrogen) atoms. The molecular formula is C12H9ClF3NO2. The summed E-state index contributed by atoms with van der Waals surface area (Å²) in [5.74, 6) is -1.47. The van der Waals surface area contributed by atoms with E-state index in [9.17, 15) is 18.0 Å². The maximum atomic E-state index is 12.5. The number of hydrogen-bond donors (Lipinski definition) is 0. The lowest BCUT2D eigenvalue weighted by Gasteiger charge is -2.10. The Kier molecular flexibility index (Phi) is 5.11. The van der Waals surface area contributed by atoms with Gasteiger partial charge >= 0.3 is 6.18 Å². The van der Waals surface area contributed by atoms with Crippen LogP contribution in [0.1, 0.15) is 15.9 Å². The molecule has 102 valence electrons. The molecule has 0 saturated carbocycles. The fraction of sp³-hybridized carbons (Fsp3) is 0.167. The Balaban J connectivity index is 2.99. The van der Waals surface area contributed by atoms with Gasteiger partial charge in [0.1, 0.15) is 6.29 Å². The van der Waals surface area contributed by atoms with E-state index in [1.807, 2.05) is 0 Å². The molecule has 7 heteroatoms. The normalized spacial score (nSPS) is 12.1. The van der Waals surface area contributed by atoms with E-state index in [2.05, 4.69) is 16.3 Å². The van der Waals surface area contributed by atoms with Crippen LogP contribution in [0.25, 0.3) is 5.70 Å². The van der Waals surface area contributed by atoms with E-state index < -0.39 is 18.1 Å². The monoisotopic (exact) mass is 291 g/mol. The van der Waals surface area contributed by atoms with Gasteiger partial charge in [-0.2, -0.15) is 13.2 Å². The molecule has 0 fully saturated rings.